The SMILES string of the molecule is CCC(NC(=O)CC1CSCCN1)C(=O)O. The van der Waals surface area contributed by atoms with Gasteiger partial charge in [0, 0.05) is 30.5 Å². The van der Waals surface area contributed by atoms with Crippen LogP contribution in [0.2, 0.25) is 0 Å². The fourth-order valence-electron chi connectivity index (χ4n) is 1.57. The fraction of sp³-hybridized carbons (Fsp3) is 0.800. The molecule has 0 bridgehead atoms. The van der Waals surface area contributed by atoms with Gasteiger partial charge in [-0.2, -0.15) is 11.8 Å². The number of amides is 1. The molecule has 1 aliphatic rings. The summed E-state index contributed by atoms with van der Waals surface area (Å²) in [4.78, 5) is 22.3. The van der Waals surface area contributed by atoms with E-state index in [1.165, 1.54) is 0 Å². The molecule has 0 aliphatic carbocycles. The van der Waals surface area contributed by atoms with E-state index in [4.69, 9.17) is 5.11 Å². The first-order chi connectivity index (χ1) is 7.63. The number of rotatable bonds is 5. The van der Waals surface area contributed by atoms with Crippen LogP contribution in [0.5, 0.6) is 0 Å². The van der Waals surface area contributed by atoms with Crippen molar-refractivity contribution >= 4 is 23.6 Å². The molecule has 1 saturated heterocycles. The van der Waals surface area contributed by atoms with Crippen LogP contribution < -0.4 is 10.6 Å². The summed E-state index contributed by atoms with van der Waals surface area (Å²) in [6.07, 6.45) is 0.769. The summed E-state index contributed by atoms with van der Waals surface area (Å²) in [5.74, 6) is 0.832. The van der Waals surface area contributed by atoms with Crippen LogP contribution in [0.25, 0.3) is 0 Å². The van der Waals surface area contributed by atoms with E-state index in [0.717, 1.165) is 18.1 Å². The minimum atomic E-state index is -0.971. The molecular weight excluding hydrogens is 228 g/mol. The molecule has 5 nitrogen and oxygen atoms in total. The topological polar surface area (TPSA) is 78.4 Å². The Kier molecular flexibility index (Phi) is 5.62. The summed E-state index contributed by atoms with van der Waals surface area (Å²) in [5, 5.41) is 14.6. The molecule has 92 valence electrons. The van der Waals surface area contributed by atoms with Crippen LogP contribution in [0.15, 0.2) is 0 Å². The molecule has 3 N–H and O–H groups in total. The molecule has 2 unspecified atom stereocenters. The minimum Gasteiger partial charge on any atom is -0.480 e. The first kappa shape index (κ1) is 13.3. The molecule has 0 aromatic heterocycles. The molecule has 1 heterocycles. The molecule has 0 aromatic carbocycles. The lowest BCUT2D eigenvalue weighted by molar-refractivity contribution is -0.141. The van der Waals surface area contributed by atoms with Gasteiger partial charge in [0.1, 0.15) is 6.04 Å². The highest BCUT2D eigenvalue weighted by atomic mass is 32.2. The van der Waals surface area contributed by atoms with Crippen molar-refractivity contribution in [1.82, 2.24) is 10.6 Å². The maximum atomic E-state index is 11.6. The van der Waals surface area contributed by atoms with Gasteiger partial charge in [-0.1, -0.05) is 6.92 Å². The third-order valence-corrected chi connectivity index (χ3v) is 3.60. The third-order valence-electron chi connectivity index (χ3n) is 2.47. The van der Waals surface area contributed by atoms with Crippen molar-refractivity contribution in [3.63, 3.8) is 0 Å². The van der Waals surface area contributed by atoms with Gasteiger partial charge in [-0.05, 0) is 6.42 Å². The average molecular weight is 246 g/mol. The zero-order chi connectivity index (χ0) is 12.0. The lowest BCUT2D eigenvalue weighted by Gasteiger charge is -2.23. The van der Waals surface area contributed by atoms with Gasteiger partial charge in [0.25, 0.3) is 0 Å². The quantitative estimate of drug-likeness (QED) is 0.639. The Morgan fingerprint density at radius 1 is 1.62 bits per heavy atom. The van der Waals surface area contributed by atoms with E-state index in [-0.39, 0.29) is 11.9 Å². The van der Waals surface area contributed by atoms with Crippen molar-refractivity contribution in [1.29, 1.82) is 0 Å². The Morgan fingerprint density at radius 3 is 2.88 bits per heavy atom. The predicted octanol–water partition coefficient (Wildman–Crippen LogP) is 0.0609. The van der Waals surface area contributed by atoms with Gasteiger partial charge < -0.3 is 15.7 Å². The smallest absolute Gasteiger partial charge is 0.326 e. The van der Waals surface area contributed by atoms with Gasteiger partial charge in [0.2, 0.25) is 5.91 Å². The summed E-state index contributed by atoms with van der Waals surface area (Å²) < 4.78 is 0. The van der Waals surface area contributed by atoms with Crippen LogP contribution in [0, 0.1) is 0 Å². The van der Waals surface area contributed by atoms with Crippen LogP contribution in [0.1, 0.15) is 19.8 Å². The van der Waals surface area contributed by atoms with Crippen molar-refractivity contribution in [2.75, 3.05) is 18.1 Å². The number of carboxylic acid groups (broad SMARTS) is 1. The summed E-state index contributed by atoms with van der Waals surface area (Å²) in [6, 6.07) is -0.589. The normalized spacial score (nSPS) is 22.4. The zero-order valence-corrected chi connectivity index (χ0v) is 10.2. The minimum absolute atomic E-state index is 0.171. The fourth-order valence-corrected chi connectivity index (χ4v) is 2.52. The summed E-state index contributed by atoms with van der Waals surface area (Å²) in [7, 11) is 0. The predicted molar refractivity (Wildman–Crippen MR) is 63.6 cm³/mol. The van der Waals surface area contributed by atoms with Gasteiger partial charge in [-0.15, -0.1) is 0 Å². The van der Waals surface area contributed by atoms with Crippen LogP contribution in [0.4, 0.5) is 0 Å². The van der Waals surface area contributed by atoms with Crippen molar-refractivity contribution in [2.24, 2.45) is 0 Å². The highest BCUT2D eigenvalue weighted by molar-refractivity contribution is 7.99. The second kappa shape index (κ2) is 6.75. The molecule has 0 radical (unpaired) electrons. The van der Waals surface area contributed by atoms with Crippen LogP contribution in [-0.2, 0) is 9.59 Å². The second-order valence-electron chi connectivity index (χ2n) is 3.80. The number of carbonyl (C=O) groups is 2. The van der Waals surface area contributed by atoms with E-state index in [1.807, 2.05) is 11.8 Å². The molecule has 1 amide bonds. The summed E-state index contributed by atoms with van der Waals surface area (Å²) in [5.41, 5.74) is 0. The molecule has 1 fully saturated rings. The highest BCUT2D eigenvalue weighted by Gasteiger charge is 2.21. The van der Waals surface area contributed by atoms with Crippen LogP contribution in [0.3, 0.4) is 0 Å². The van der Waals surface area contributed by atoms with E-state index < -0.39 is 12.0 Å². The molecule has 1 aliphatic heterocycles. The van der Waals surface area contributed by atoms with E-state index in [2.05, 4.69) is 10.6 Å². The Hall–Kier alpha value is -0.750. The lowest BCUT2D eigenvalue weighted by atomic mass is 10.2. The van der Waals surface area contributed by atoms with E-state index in [9.17, 15) is 9.59 Å². The molecule has 0 saturated carbocycles. The number of thioether (sulfide) groups is 1. The summed E-state index contributed by atoms with van der Waals surface area (Å²) >= 11 is 1.82. The van der Waals surface area contributed by atoms with Gasteiger partial charge in [0.05, 0.1) is 0 Å². The molecular formula is C10H18N2O3S. The third kappa shape index (κ3) is 4.40. The molecule has 0 aromatic rings. The Labute approximate surface area is 99.4 Å². The van der Waals surface area contributed by atoms with E-state index >= 15 is 0 Å². The molecule has 6 heteroatoms. The Morgan fingerprint density at radius 2 is 2.38 bits per heavy atom. The standard InChI is InChI=1S/C10H18N2O3S/c1-2-8(10(14)15)12-9(13)5-7-6-16-4-3-11-7/h7-8,11H,2-6H2,1H3,(H,12,13)(H,14,15). The van der Waals surface area contributed by atoms with E-state index in [0.29, 0.717) is 12.8 Å². The maximum absolute atomic E-state index is 11.6. The van der Waals surface area contributed by atoms with Gasteiger partial charge in [-0.3, -0.25) is 4.79 Å². The molecule has 0 spiro atoms. The number of carboxylic acids is 1. The lowest BCUT2D eigenvalue weighted by Crippen LogP contribution is -2.45. The zero-order valence-electron chi connectivity index (χ0n) is 9.36. The van der Waals surface area contributed by atoms with Crippen molar-refractivity contribution in [2.45, 2.75) is 31.8 Å². The van der Waals surface area contributed by atoms with E-state index in [1.54, 1.807) is 6.92 Å². The maximum Gasteiger partial charge on any atom is 0.326 e. The Balaban J connectivity index is 2.31. The number of hydrogen-bond donors (Lipinski definition) is 3. The van der Waals surface area contributed by atoms with Gasteiger partial charge in [-0.25, -0.2) is 4.79 Å². The van der Waals surface area contributed by atoms with Crippen molar-refractivity contribution in [3.05, 3.63) is 0 Å². The highest BCUT2D eigenvalue weighted by Crippen LogP contribution is 2.10. The summed E-state index contributed by atoms with van der Waals surface area (Å²) in [6.45, 7) is 2.66. The Bertz CT molecular complexity index is 254. The van der Waals surface area contributed by atoms with Crippen molar-refractivity contribution < 1.29 is 14.7 Å². The molecule has 2 atom stereocenters. The number of carbonyl (C=O) groups excluding carboxylic acids is 1. The average Bonchev–Trinajstić information content (AvgIpc) is 2.27. The first-order valence-corrected chi connectivity index (χ1v) is 6.62. The van der Waals surface area contributed by atoms with Gasteiger partial charge >= 0.3 is 5.97 Å². The number of aliphatic carboxylic acids is 1. The number of nitrogens with one attached hydrogen (secondary N) is 2. The van der Waals surface area contributed by atoms with Crippen LogP contribution >= 0.6 is 11.8 Å². The van der Waals surface area contributed by atoms with Crippen LogP contribution in [-0.4, -0.2) is 47.1 Å². The largest absolute Gasteiger partial charge is 0.480 e. The second-order valence-corrected chi connectivity index (χ2v) is 4.95. The monoisotopic (exact) mass is 246 g/mol. The molecule has 16 heavy (non-hydrogen) atoms. The van der Waals surface area contributed by atoms with Gasteiger partial charge in [0.15, 0.2) is 0 Å². The first-order valence-electron chi connectivity index (χ1n) is 5.46. The van der Waals surface area contributed by atoms with Crippen molar-refractivity contribution in [3.8, 4) is 0 Å². The number of hydrogen-bond acceptors (Lipinski definition) is 4. The molecule has 1 rings (SSSR count).